The molecular weight excluding hydrogens is 384 g/mol. The molecule has 1 N–H and O–H groups in total. The molecule has 27 heavy (non-hydrogen) atoms. The van der Waals surface area contributed by atoms with Gasteiger partial charge in [-0.15, -0.1) is 0 Å². The van der Waals surface area contributed by atoms with Crippen molar-refractivity contribution in [1.82, 2.24) is 8.46 Å². The quantitative estimate of drug-likeness (QED) is 0.619. The summed E-state index contributed by atoms with van der Waals surface area (Å²) in [5.74, 6) is -0.690. The first-order valence-corrected chi connectivity index (χ1v) is 20.1. The summed E-state index contributed by atoms with van der Waals surface area (Å²) in [5, 5.41) is 11.4. The van der Waals surface area contributed by atoms with Gasteiger partial charge in [-0.2, -0.15) is 0 Å². The minimum atomic E-state index is -1.78. The van der Waals surface area contributed by atoms with E-state index in [-0.39, 0.29) is 0 Å². The van der Waals surface area contributed by atoms with Gasteiger partial charge in [0.2, 0.25) is 0 Å². The fourth-order valence-corrected chi connectivity index (χ4v) is 16.2. The topological polar surface area (TPSA) is 45.5 Å². The van der Waals surface area contributed by atoms with Crippen LogP contribution in [0.5, 0.6) is 0 Å². The van der Waals surface area contributed by atoms with Crippen LogP contribution in [-0.4, -0.2) is 50.3 Å². The Hall–Kier alpha value is -1.16. The van der Waals surface area contributed by atoms with Crippen molar-refractivity contribution in [3.63, 3.8) is 0 Å². The van der Waals surface area contributed by atoms with E-state index in [2.05, 4.69) is 97.8 Å². The number of rotatable bonds is 7. The molecule has 1 heterocycles. The van der Waals surface area contributed by atoms with Gasteiger partial charge >= 0.3 is 5.97 Å². The number of carbonyl (C=O) groups is 1. The summed E-state index contributed by atoms with van der Waals surface area (Å²) < 4.78 is 4.84. The van der Waals surface area contributed by atoms with E-state index in [0.717, 1.165) is 0 Å². The molecule has 0 aliphatic carbocycles. The lowest BCUT2D eigenvalue weighted by Gasteiger charge is -2.47. The van der Waals surface area contributed by atoms with Crippen LogP contribution in [0.15, 0.2) is 30.5 Å². The molecular formula is C20H36N2O2Si3. The first-order valence-electron chi connectivity index (χ1n) is 9.76. The zero-order chi connectivity index (χ0) is 20.8. The summed E-state index contributed by atoms with van der Waals surface area (Å²) in [6.45, 7) is 20.6. The summed E-state index contributed by atoms with van der Waals surface area (Å²) >= 11 is 0. The van der Waals surface area contributed by atoms with Crippen LogP contribution < -0.4 is 0 Å². The fraction of sp³-hybridized carbons (Fsp3) is 0.550. The van der Waals surface area contributed by atoms with Crippen LogP contribution in [0.2, 0.25) is 58.9 Å². The Labute approximate surface area is 167 Å². The highest BCUT2D eigenvalue weighted by atomic mass is 28.4. The molecule has 1 unspecified atom stereocenters. The molecule has 0 aliphatic heterocycles. The maximum absolute atomic E-state index is 12.4. The largest absolute Gasteiger partial charge is 0.480 e. The Morgan fingerprint density at radius 3 is 1.96 bits per heavy atom. The molecule has 2 rings (SSSR count). The molecule has 1 atom stereocenters. The lowest BCUT2D eigenvalue weighted by atomic mass is 10.1. The number of hydrogen-bond donors (Lipinski definition) is 1. The molecule has 0 bridgehead atoms. The van der Waals surface area contributed by atoms with Gasteiger partial charge < -0.3 is 13.6 Å². The van der Waals surface area contributed by atoms with Crippen LogP contribution in [0.3, 0.4) is 0 Å². The molecule has 150 valence electrons. The van der Waals surface area contributed by atoms with Gasteiger partial charge in [-0.05, 0) is 24.2 Å². The van der Waals surface area contributed by atoms with Crippen LogP contribution in [0.1, 0.15) is 5.56 Å². The lowest BCUT2D eigenvalue weighted by Crippen LogP contribution is -2.65. The second kappa shape index (κ2) is 7.35. The normalized spacial score (nSPS) is 14.7. The minimum Gasteiger partial charge on any atom is -0.480 e. The van der Waals surface area contributed by atoms with E-state index in [1.54, 1.807) is 0 Å². The van der Waals surface area contributed by atoms with Crippen molar-refractivity contribution < 1.29 is 9.90 Å². The van der Waals surface area contributed by atoms with Crippen molar-refractivity contribution in [2.24, 2.45) is 0 Å². The average Bonchev–Trinajstić information content (AvgIpc) is 2.82. The number of aliphatic carboxylic acids is 1. The van der Waals surface area contributed by atoms with Gasteiger partial charge in [-0.25, -0.2) is 0 Å². The van der Waals surface area contributed by atoms with E-state index in [9.17, 15) is 9.90 Å². The summed E-state index contributed by atoms with van der Waals surface area (Å²) in [7, 11) is -5.15. The van der Waals surface area contributed by atoms with E-state index < -0.39 is 36.7 Å². The van der Waals surface area contributed by atoms with E-state index in [4.69, 9.17) is 0 Å². The molecule has 0 saturated heterocycles. The van der Waals surface area contributed by atoms with E-state index in [1.165, 1.54) is 16.5 Å². The van der Waals surface area contributed by atoms with Crippen molar-refractivity contribution in [1.29, 1.82) is 0 Å². The van der Waals surface area contributed by atoms with Gasteiger partial charge in [-0.1, -0.05) is 77.1 Å². The van der Waals surface area contributed by atoms with Gasteiger partial charge in [0.25, 0.3) is 0 Å². The van der Waals surface area contributed by atoms with Gasteiger partial charge in [0.1, 0.15) is 22.5 Å². The van der Waals surface area contributed by atoms with Crippen LogP contribution >= 0.6 is 0 Å². The first-order chi connectivity index (χ1) is 12.1. The minimum absolute atomic E-state index is 0.454. The van der Waals surface area contributed by atoms with E-state index >= 15 is 0 Å². The number of benzene rings is 1. The summed E-state index contributed by atoms with van der Waals surface area (Å²) in [5.41, 5.74) is 2.41. The molecule has 7 heteroatoms. The van der Waals surface area contributed by atoms with Crippen molar-refractivity contribution >= 4 is 41.6 Å². The Kier molecular flexibility index (Phi) is 6.02. The predicted octanol–water partition coefficient (Wildman–Crippen LogP) is 5.29. The van der Waals surface area contributed by atoms with Gasteiger partial charge in [0, 0.05) is 10.9 Å². The molecule has 4 nitrogen and oxygen atoms in total. The van der Waals surface area contributed by atoms with Crippen molar-refractivity contribution in [2.75, 3.05) is 0 Å². The van der Waals surface area contributed by atoms with E-state index in [0.29, 0.717) is 6.42 Å². The van der Waals surface area contributed by atoms with Crippen molar-refractivity contribution in [3.8, 4) is 0 Å². The summed E-state index contributed by atoms with van der Waals surface area (Å²) in [6.07, 6.45) is 2.81. The van der Waals surface area contributed by atoms with Crippen LogP contribution in [0, 0.1) is 0 Å². The molecule has 0 spiro atoms. The highest BCUT2D eigenvalue weighted by Gasteiger charge is 2.42. The first kappa shape index (κ1) is 22.1. The van der Waals surface area contributed by atoms with Crippen LogP contribution in [-0.2, 0) is 11.2 Å². The zero-order valence-corrected chi connectivity index (χ0v) is 21.4. The number of para-hydroxylation sites is 1. The molecule has 0 aliphatic rings. The van der Waals surface area contributed by atoms with Crippen LogP contribution in [0.25, 0.3) is 10.9 Å². The Morgan fingerprint density at radius 1 is 1.00 bits per heavy atom. The van der Waals surface area contributed by atoms with Gasteiger partial charge in [-0.3, -0.25) is 4.79 Å². The number of nitrogens with zero attached hydrogens (tertiary/aromatic N) is 2. The second-order valence-corrected chi connectivity index (χ2v) is 25.4. The molecule has 1 aromatic carbocycles. The number of carboxylic acid groups (broad SMARTS) is 1. The van der Waals surface area contributed by atoms with Gasteiger partial charge in [0.15, 0.2) is 8.24 Å². The highest BCUT2D eigenvalue weighted by molar-refractivity contribution is 6.89. The summed E-state index contributed by atoms with van der Waals surface area (Å²) in [6, 6.07) is 8.00. The maximum atomic E-state index is 12.4. The van der Waals surface area contributed by atoms with Crippen molar-refractivity contribution in [3.05, 3.63) is 36.0 Å². The predicted molar refractivity (Wildman–Crippen MR) is 124 cm³/mol. The third-order valence-corrected chi connectivity index (χ3v) is 14.3. The average molecular weight is 421 g/mol. The molecule has 2 aromatic rings. The van der Waals surface area contributed by atoms with E-state index in [1.807, 2.05) is 0 Å². The zero-order valence-electron chi connectivity index (χ0n) is 18.4. The number of fused-ring (bicyclic) bond motifs is 1. The third-order valence-electron chi connectivity index (χ3n) is 4.97. The number of hydrogen-bond acceptors (Lipinski definition) is 2. The standard InChI is InChI=1S/C20H36N2O2Si3/c1-25(2,3)21-15-16(17-12-10-11-13-18(17)21)14-19(20(23)24)22(26(4,5)6)27(7,8)9/h10-13,15,19H,14H2,1-9H3,(H,23,24). The van der Waals surface area contributed by atoms with Crippen molar-refractivity contribution in [2.45, 2.75) is 71.4 Å². The number of aromatic nitrogens is 1. The Bertz CT molecular complexity index is 812. The van der Waals surface area contributed by atoms with Crippen LogP contribution in [0.4, 0.5) is 0 Å². The number of carboxylic acids is 1. The summed E-state index contributed by atoms with van der Waals surface area (Å²) in [4.78, 5) is 12.4. The maximum Gasteiger partial charge on any atom is 0.319 e. The molecule has 0 radical (unpaired) electrons. The Morgan fingerprint density at radius 2 is 1.52 bits per heavy atom. The second-order valence-electron chi connectivity index (χ2n) is 10.5. The molecule has 0 fully saturated rings. The Balaban J connectivity index is 2.59. The lowest BCUT2D eigenvalue weighted by molar-refractivity contribution is -0.140. The fourth-order valence-electron chi connectivity index (χ4n) is 4.41. The molecule has 1 aromatic heterocycles. The molecule has 0 saturated carbocycles. The SMILES string of the molecule is C[Si](C)(C)N(C(Cc1cn([Si](C)(C)C)c2ccccc12)C(=O)O)[Si](C)(C)C. The van der Waals surface area contributed by atoms with Gasteiger partial charge in [0.05, 0.1) is 0 Å². The third kappa shape index (κ3) is 4.82. The molecule has 0 amide bonds. The monoisotopic (exact) mass is 420 g/mol. The smallest absolute Gasteiger partial charge is 0.319 e. The highest BCUT2D eigenvalue weighted by Crippen LogP contribution is 2.30.